The number of primary amides is 1. The van der Waals surface area contributed by atoms with Crippen molar-refractivity contribution in [3.8, 4) is 11.5 Å². The van der Waals surface area contributed by atoms with Crippen LogP contribution in [-0.2, 0) is 25.5 Å². The molecule has 8 nitrogen and oxygen atoms in total. The molecule has 1 rings (SSSR count). The maximum Gasteiger partial charge on any atom is 0.328 e. The van der Waals surface area contributed by atoms with Crippen LogP contribution < -0.4 is 11.1 Å². The van der Waals surface area contributed by atoms with Crippen molar-refractivity contribution >= 4 is 17.8 Å². The van der Waals surface area contributed by atoms with Crippen LogP contribution in [0.25, 0.3) is 0 Å². The molecule has 5 N–H and O–H groups in total. The summed E-state index contributed by atoms with van der Waals surface area (Å²) >= 11 is 0. The molecule has 0 bridgehead atoms. The van der Waals surface area contributed by atoms with Crippen LogP contribution in [0, 0.1) is 0 Å². The third-order valence-electron chi connectivity index (χ3n) is 3.27. The smallest absolute Gasteiger partial charge is 0.328 e. The van der Waals surface area contributed by atoms with Gasteiger partial charge in [0.2, 0.25) is 11.8 Å². The number of nitrogens with one attached hydrogen (secondary N) is 1. The summed E-state index contributed by atoms with van der Waals surface area (Å²) in [6, 6.07) is 3.34. The van der Waals surface area contributed by atoms with Crippen molar-refractivity contribution in [1.82, 2.24) is 5.32 Å². The summed E-state index contributed by atoms with van der Waals surface area (Å²) in [6.07, 6.45) is 0.400. The average molecular weight is 338 g/mol. The van der Waals surface area contributed by atoms with E-state index in [1.165, 1.54) is 12.1 Å². The summed E-state index contributed by atoms with van der Waals surface area (Å²) in [6.45, 7) is 1.80. The summed E-state index contributed by atoms with van der Waals surface area (Å²) in [5.74, 6) is -2.09. The molecule has 2 amide bonds. The second-order valence-corrected chi connectivity index (χ2v) is 5.20. The zero-order valence-electron chi connectivity index (χ0n) is 13.4. The molecule has 0 aliphatic rings. The molecule has 1 atom stereocenters. The Bertz CT molecular complexity index is 602. The Morgan fingerprint density at radius 2 is 1.92 bits per heavy atom. The number of amides is 2. The number of rotatable bonds is 9. The topological polar surface area (TPSA) is 139 Å². The van der Waals surface area contributed by atoms with Crippen molar-refractivity contribution < 1.29 is 29.3 Å². The molecule has 1 aromatic rings. The third kappa shape index (κ3) is 6.55. The molecule has 0 aromatic heterocycles. The van der Waals surface area contributed by atoms with Crippen molar-refractivity contribution in [1.29, 1.82) is 0 Å². The van der Waals surface area contributed by atoms with Crippen LogP contribution in [0.3, 0.4) is 0 Å². The Hall–Kier alpha value is -2.77. The Balaban J connectivity index is 2.57. The van der Waals surface area contributed by atoms with Crippen LogP contribution in [0.2, 0.25) is 0 Å². The fraction of sp³-hybridized carbons (Fsp3) is 0.438. The van der Waals surface area contributed by atoms with Gasteiger partial charge in [-0.2, -0.15) is 0 Å². The van der Waals surface area contributed by atoms with Gasteiger partial charge in [0.25, 0.3) is 0 Å². The number of ether oxygens (including phenoxy) is 1. The van der Waals surface area contributed by atoms with Crippen molar-refractivity contribution in [2.45, 2.75) is 38.6 Å². The molecule has 0 saturated carbocycles. The maximum atomic E-state index is 12.0. The van der Waals surface area contributed by atoms with E-state index in [9.17, 15) is 24.6 Å². The SMILES string of the molecule is CCOC(=O)C(CCC(N)=O)NC(=O)CCc1ccc(O)c(O)c1. The number of carbonyl (C=O) groups is 3. The predicted molar refractivity (Wildman–Crippen MR) is 85.1 cm³/mol. The quantitative estimate of drug-likeness (QED) is 0.378. The molecule has 0 heterocycles. The van der Waals surface area contributed by atoms with E-state index in [0.29, 0.717) is 12.0 Å². The lowest BCUT2D eigenvalue weighted by Crippen LogP contribution is -2.42. The van der Waals surface area contributed by atoms with Crippen LogP contribution in [0.15, 0.2) is 18.2 Å². The number of phenolic OH excluding ortho intramolecular Hbond substituents is 2. The van der Waals surface area contributed by atoms with Crippen LogP contribution in [0.5, 0.6) is 11.5 Å². The fourth-order valence-corrected chi connectivity index (χ4v) is 2.03. The van der Waals surface area contributed by atoms with Gasteiger partial charge in [0.05, 0.1) is 6.61 Å². The maximum absolute atomic E-state index is 12.0. The fourth-order valence-electron chi connectivity index (χ4n) is 2.03. The normalized spacial score (nSPS) is 11.5. The van der Waals surface area contributed by atoms with Crippen LogP contribution >= 0.6 is 0 Å². The van der Waals surface area contributed by atoms with Crippen LogP contribution in [-0.4, -0.2) is 40.6 Å². The molecule has 0 aliphatic heterocycles. The minimum absolute atomic E-state index is 0.0460. The number of phenols is 2. The van der Waals surface area contributed by atoms with Gasteiger partial charge in [0.1, 0.15) is 6.04 Å². The van der Waals surface area contributed by atoms with E-state index in [0.717, 1.165) is 0 Å². The molecule has 0 aliphatic carbocycles. The molecule has 0 radical (unpaired) electrons. The molecule has 0 spiro atoms. The number of hydrogen-bond acceptors (Lipinski definition) is 6. The lowest BCUT2D eigenvalue weighted by atomic mass is 10.1. The number of esters is 1. The first kappa shape index (κ1) is 19.3. The van der Waals surface area contributed by atoms with Gasteiger partial charge in [-0.3, -0.25) is 9.59 Å². The lowest BCUT2D eigenvalue weighted by Gasteiger charge is -2.16. The third-order valence-corrected chi connectivity index (χ3v) is 3.27. The highest BCUT2D eigenvalue weighted by molar-refractivity contribution is 5.85. The molecular weight excluding hydrogens is 316 g/mol. The molecule has 1 aromatic carbocycles. The van der Waals surface area contributed by atoms with E-state index in [2.05, 4.69) is 5.32 Å². The largest absolute Gasteiger partial charge is 0.504 e. The van der Waals surface area contributed by atoms with Crippen molar-refractivity contribution in [3.05, 3.63) is 23.8 Å². The standard InChI is InChI=1S/C16H22N2O6/c1-2-24-16(23)11(5-7-14(17)21)18-15(22)8-4-10-3-6-12(19)13(20)9-10/h3,6,9,11,19-20H,2,4-5,7-8H2,1H3,(H2,17,21)(H,18,22). The lowest BCUT2D eigenvalue weighted by molar-refractivity contribution is -0.147. The predicted octanol–water partition coefficient (Wildman–Crippen LogP) is 0.344. The molecule has 0 fully saturated rings. The Kier molecular flexibility index (Phi) is 7.54. The highest BCUT2D eigenvalue weighted by Gasteiger charge is 2.22. The molecule has 24 heavy (non-hydrogen) atoms. The highest BCUT2D eigenvalue weighted by atomic mass is 16.5. The second-order valence-electron chi connectivity index (χ2n) is 5.20. The summed E-state index contributed by atoms with van der Waals surface area (Å²) in [5, 5.41) is 21.2. The number of nitrogens with two attached hydrogens (primary N) is 1. The van der Waals surface area contributed by atoms with E-state index < -0.39 is 23.8 Å². The molecule has 1 unspecified atom stereocenters. The van der Waals surface area contributed by atoms with Gasteiger partial charge >= 0.3 is 5.97 Å². The van der Waals surface area contributed by atoms with E-state index >= 15 is 0 Å². The van der Waals surface area contributed by atoms with Crippen LogP contribution in [0.1, 0.15) is 31.7 Å². The average Bonchev–Trinajstić information content (AvgIpc) is 2.52. The molecule has 132 valence electrons. The van der Waals surface area contributed by atoms with Crippen LogP contribution in [0.4, 0.5) is 0 Å². The first-order valence-corrected chi connectivity index (χ1v) is 7.58. The van der Waals surface area contributed by atoms with Gasteiger partial charge in [-0.25, -0.2) is 4.79 Å². The summed E-state index contributed by atoms with van der Waals surface area (Å²) < 4.78 is 4.86. The van der Waals surface area contributed by atoms with E-state index in [1.807, 2.05) is 0 Å². The summed E-state index contributed by atoms with van der Waals surface area (Å²) in [4.78, 5) is 34.6. The number of carbonyl (C=O) groups excluding carboxylic acids is 3. The van der Waals surface area contributed by atoms with E-state index in [1.54, 1.807) is 13.0 Å². The monoisotopic (exact) mass is 338 g/mol. The van der Waals surface area contributed by atoms with Gasteiger partial charge in [-0.05, 0) is 37.5 Å². The number of aromatic hydroxyl groups is 2. The minimum atomic E-state index is -0.932. The Morgan fingerprint density at radius 1 is 1.21 bits per heavy atom. The van der Waals surface area contributed by atoms with E-state index in [4.69, 9.17) is 10.5 Å². The van der Waals surface area contributed by atoms with E-state index in [-0.39, 0.29) is 37.4 Å². The van der Waals surface area contributed by atoms with Crippen molar-refractivity contribution in [2.24, 2.45) is 5.73 Å². The molecule has 0 saturated heterocycles. The van der Waals surface area contributed by atoms with Crippen molar-refractivity contribution in [3.63, 3.8) is 0 Å². The van der Waals surface area contributed by atoms with Gasteiger partial charge in [-0.15, -0.1) is 0 Å². The Labute approximate surface area is 139 Å². The van der Waals surface area contributed by atoms with Gasteiger partial charge in [-0.1, -0.05) is 6.07 Å². The molecule has 8 heteroatoms. The number of aryl methyl sites for hydroxylation is 1. The zero-order chi connectivity index (χ0) is 18.1. The van der Waals surface area contributed by atoms with Gasteiger partial charge < -0.3 is 26.0 Å². The summed E-state index contributed by atoms with van der Waals surface area (Å²) in [5.41, 5.74) is 5.72. The molecular formula is C16H22N2O6. The zero-order valence-corrected chi connectivity index (χ0v) is 13.4. The summed E-state index contributed by atoms with van der Waals surface area (Å²) in [7, 11) is 0. The number of hydrogen-bond donors (Lipinski definition) is 4. The van der Waals surface area contributed by atoms with Crippen molar-refractivity contribution in [2.75, 3.05) is 6.61 Å². The van der Waals surface area contributed by atoms with Gasteiger partial charge in [0.15, 0.2) is 11.5 Å². The Morgan fingerprint density at radius 3 is 2.50 bits per heavy atom. The number of benzene rings is 1. The van der Waals surface area contributed by atoms with Gasteiger partial charge in [0, 0.05) is 12.8 Å². The first-order chi connectivity index (χ1) is 11.3. The highest BCUT2D eigenvalue weighted by Crippen LogP contribution is 2.25. The first-order valence-electron chi connectivity index (χ1n) is 7.58. The minimum Gasteiger partial charge on any atom is -0.504 e. The second kappa shape index (κ2) is 9.39.